The van der Waals surface area contributed by atoms with E-state index in [-0.39, 0.29) is 5.54 Å². The van der Waals surface area contributed by atoms with E-state index < -0.39 is 17.4 Å². The van der Waals surface area contributed by atoms with E-state index in [4.69, 9.17) is 5.11 Å². The first-order chi connectivity index (χ1) is 7.90. The third-order valence-electron chi connectivity index (χ3n) is 3.42. The van der Waals surface area contributed by atoms with Gasteiger partial charge in [-0.2, -0.15) is 0 Å². The number of nitrogens with one attached hydrogen (secondary N) is 1. The molecular formula is C13H17F2NO. The van der Waals surface area contributed by atoms with E-state index in [0.29, 0.717) is 18.0 Å². The maximum absolute atomic E-state index is 13.1. The molecule has 2 nitrogen and oxygen atoms in total. The van der Waals surface area contributed by atoms with Crippen molar-refractivity contribution in [3.05, 3.63) is 29.3 Å². The van der Waals surface area contributed by atoms with Gasteiger partial charge in [0.05, 0.1) is 0 Å². The zero-order valence-corrected chi connectivity index (χ0v) is 10.1. The van der Waals surface area contributed by atoms with Crippen molar-refractivity contribution in [2.24, 2.45) is 5.92 Å². The highest BCUT2D eigenvalue weighted by atomic mass is 19.1. The van der Waals surface area contributed by atoms with Crippen LogP contribution in [-0.2, 0) is 6.54 Å². The third-order valence-corrected chi connectivity index (χ3v) is 3.42. The van der Waals surface area contributed by atoms with Crippen molar-refractivity contribution in [2.45, 2.75) is 38.8 Å². The number of hydrogen-bond acceptors (Lipinski definition) is 2. The highest BCUT2D eigenvalue weighted by Crippen LogP contribution is 2.39. The van der Waals surface area contributed by atoms with Crippen molar-refractivity contribution in [2.75, 3.05) is 0 Å². The minimum atomic E-state index is -0.911. The molecule has 1 aromatic carbocycles. The lowest BCUT2D eigenvalue weighted by Gasteiger charge is -2.26. The van der Waals surface area contributed by atoms with Crippen LogP contribution in [0.25, 0.3) is 0 Å². The molecule has 1 saturated carbocycles. The Morgan fingerprint density at radius 3 is 2.29 bits per heavy atom. The molecule has 1 aromatic rings. The van der Waals surface area contributed by atoms with Crippen LogP contribution in [0, 0.1) is 17.6 Å². The van der Waals surface area contributed by atoms with Crippen LogP contribution in [0.3, 0.4) is 0 Å². The summed E-state index contributed by atoms with van der Waals surface area (Å²) in [5.41, 5.74) is 0.497. The van der Waals surface area contributed by atoms with Crippen LogP contribution in [-0.4, -0.2) is 10.6 Å². The molecule has 17 heavy (non-hydrogen) atoms. The van der Waals surface area contributed by atoms with Crippen LogP contribution in [0.5, 0.6) is 5.75 Å². The predicted octanol–water partition coefficient (Wildman–Crippen LogP) is 2.95. The summed E-state index contributed by atoms with van der Waals surface area (Å²) >= 11 is 0. The molecule has 0 amide bonds. The van der Waals surface area contributed by atoms with Crippen LogP contribution in [0.1, 0.15) is 32.3 Å². The summed E-state index contributed by atoms with van der Waals surface area (Å²) in [6.07, 6.45) is 2.41. The molecular weight excluding hydrogens is 224 g/mol. The Kier molecular flexibility index (Phi) is 3.08. The highest BCUT2D eigenvalue weighted by molar-refractivity contribution is 5.30. The number of rotatable bonds is 4. The fourth-order valence-electron chi connectivity index (χ4n) is 2.00. The second-order valence-corrected chi connectivity index (χ2v) is 5.26. The van der Waals surface area contributed by atoms with Gasteiger partial charge in [0, 0.05) is 12.1 Å². The number of benzene rings is 1. The van der Waals surface area contributed by atoms with Crippen molar-refractivity contribution >= 4 is 0 Å². The molecule has 0 aromatic heterocycles. The summed E-state index contributed by atoms with van der Waals surface area (Å²) in [5.74, 6) is -2.08. The summed E-state index contributed by atoms with van der Waals surface area (Å²) in [4.78, 5) is 0. The van der Waals surface area contributed by atoms with Crippen molar-refractivity contribution < 1.29 is 13.9 Å². The molecule has 1 aliphatic rings. The van der Waals surface area contributed by atoms with E-state index in [9.17, 15) is 8.78 Å². The molecule has 2 rings (SSSR count). The summed E-state index contributed by atoms with van der Waals surface area (Å²) in [6, 6.07) is 2.32. The lowest BCUT2D eigenvalue weighted by Crippen LogP contribution is -2.40. The molecule has 1 aliphatic carbocycles. The van der Waals surface area contributed by atoms with Crippen molar-refractivity contribution in [3.63, 3.8) is 0 Å². The van der Waals surface area contributed by atoms with E-state index in [1.165, 1.54) is 12.8 Å². The molecule has 0 spiro atoms. The van der Waals surface area contributed by atoms with E-state index >= 15 is 0 Å². The number of phenolic OH excluding ortho intramolecular Hbond substituents is 1. The Hall–Kier alpha value is -1.16. The van der Waals surface area contributed by atoms with E-state index in [1.54, 1.807) is 0 Å². The zero-order valence-electron chi connectivity index (χ0n) is 10.1. The lowest BCUT2D eigenvalue weighted by molar-refractivity contribution is 0.338. The zero-order chi connectivity index (χ0) is 12.6. The Morgan fingerprint density at radius 1 is 1.29 bits per heavy atom. The molecule has 0 heterocycles. The Balaban J connectivity index is 2.04. The minimum Gasteiger partial charge on any atom is -0.503 e. The second kappa shape index (κ2) is 4.26. The van der Waals surface area contributed by atoms with Crippen molar-refractivity contribution in [3.8, 4) is 5.75 Å². The smallest absolute Gasteiger partial charge is 0.187 e. The van der Waals surface area contributed by atoms with E-state index in [1.807, 2.05) is 0 Å². The SMILES string of the molecule is CC(C)(NCc1cc(F)c(O)c(F)c1)C1CC1. The van der Waals surface area contributed by atoms with Crippen LogP contribution < -0.4 is 5.32 Å². The van der Waals surface area contributed by atoms with Crippen molar-refractivity contribution in [1.82, 2.24) is 5.32 Å². The van der Waals surface area contributed by atoms with Gasteiger partial charge in [0.25, 0.3) is 0 Å². The van der Waals surface area contributed by atoms with Gasteiger partial charge in [0.1, 0.15) is 0 Å². The molecule has 4 heteroatoms. The molecule has 0 bridgehead atoms. The monoisotopic (exact) mass is 241 g/mol. The van der Waals surface area contributed by atoms with Crippen LogP contribution >= 0.6 is 0 Å². The third kappa shape index (κ3) is 2.75. The van der Waals surface area contributed by atoms with E-state index in [0.717, 1.165) is 12.1 Å². The maximum atomic E-state index is 13.1. The molecule has 0 saturated heterocycles. The highest BCUT2D eigenvalue weighted by Gasteiger charge is 2.37. The topological polar surface area (TPSA) is 32.3 Å². The van der Waals surface area contributed by atoms with Gasteiger partial charge in [-0.25, -0.2) is 8.78 Å². The normalized spacial score (nSPS) is 16.2. The average Bonchev–Trinajstić information content (AvgIpc) is 3.06. The maximum Gasteiger partial charge on any atom is 0.187 e. The Morgan fingerprint density at radius 2 is 1.82 bits per heavy atom. The molecule has 0 radical (unpaired) electrons. The Labute approximate surface area is 99.7 Å². The summed E-state index contributed by atoms with van der Waals surface area (Å²) in [7, 11) is 0. The molecule has 0 atom stereocenters. The number of halogens is 2. The van der Waals surface area contributed by atoms with E-state index in [2.05, 4.69) is 19.2 Å². The predicted molar refractivity (Wildman–Crippen MR) is 61.7 cm³/mol. The van der Waals surface area contributed by atoms with Crippen molar-refractivity contribution in [1.29, 1.82) is 0 Å². The van der Waals surface area contributed by atoms with Gasteiger partial charge < -0.3 is 10.4 Å². The first kappa shape index (κ1) is 12.3. The fraction of sp³-hybridized carbons (Fsp3) is 0.538. The second-order valence-electron chi connectivity index (χ2n) is 5.26. The molecule has 94 valence electrons. The van der Waals surface area contributed by atoms with Gasteiger partial charge in [0.2, 0.25) is 0 Å². The fourth-order valence-corrected chi connectivity index (χ4v) is 2.00. The van der Waals surface area contributed by atoms with Gasteiger partial charge in [0.15, 0.2) is 17.4 Å². The summed E-state index contributed by atoms with van der Waals surface area (Å²) < 4.78 is 26.2. The molecule has 0 aliphatic heterocycles. The first-order valence-corrected chi connectivity index (χ1v) is 5.82. The lowest BCUT2D eigenvalue weighted by atomic mass is 9.98. The van der Waals surface area contributed by atoms with Crippen LogP contribution in [0.2, 0.25) is 0 Å². The van der Waals surface area contributed by atoms with Gasteiger partial charge in [-0.15, -0.1) is 0 Å². The summed E-state index contributed by atoms with van der Waals surface area (Å²) in [6.45, 7) is 4.59. The van der Waals surface area contributed by atoms with Gasteiger partial charge >= 0.3 is 0 Å². The molecule has 1 fully saturated rings. The van der Waals surface area contributed by atoms with Crippen LogP contribution in [0.4, 0.5) is 8.78 Å². The summed E-state index contributed by atoms with van der Waals surface area (Å²) in [5, 5.41) is 12.3. The van der Waals surface area contributed by atoms with Gasteiger partial charge in [-0.1, -0.05) is 0 Å². The average molecular weight is 241 g/mol. The first-order valence-electron chi connectivity index (χ1n) is 5.82. The van der Waals surface area contributed by atoms with Gasteiger partial charge in [-0.05, 0) is 50.3 Å². The number of aromatic hydroxyl groups is 1. The Bertz CT molecular complexity index is 404. The standard InChI is InChI=1S/C13H17F2NO/c1-13(2,9-3-4-9)16-7-8-5-10(14)12(17)11(15)6-8/h5-6,9,16-17H,3-4,7H2,1-2H3. The number of hydrogen-bond donors (Lipinski definition) is 2. The van der Waals surface area contributed by atoms with Gasteiger partial charge in [-0.3, -0.25) is 0 Å². The molecule has 0 unspecified atom stereocenters. The number of phenols is 1. The molecule has 2 N–H and O–H groups in total. The van der Waals surface area contributed by atoms with Crippen LogP contribution in [0.15, 0.2) is 12.1 Å². The quantitative estimate of drug-likeness (QED) is 0.849. The minimum absolute atomic E-state index is 0.00909. The largest absolute Gasteiger partial charge is 0.503 e.